The Hall–Kier alpha value is -2.14. The topological polar surface area (TPSA) is 71.9 Å². The zero-order valence-corrected chi connectivity index (χ0v) is 17.4. The summed E-state index contributed by atoms with van der Waals surface area (Å²) in [5, 5.41) is 6.51. The molecule has 1 atom stereocenters. The third-order valence-corrected chi connectivity index (χ3v) is 5.39. The smallest absolute Gasteiger partial charge is 0.356 e. The molecule has 2 N–H and O–H groups in total. The maximum absolute atomic E-state index is 12.5. The van der Waals surface area contributed by atoms with Crippen LogP contribution in [0.4, 0.5) is 19.1 Å². The summed E-state index contributed by atoms with van der Waals surface area (Å²) in [6.07, 6.45) is 1.04. The molecule has 11 heteroatoms. The maximum atomic E-state index is 12.5. The molecule has 0 spiro atoms. The zero-order valence-electron chi connectivity index (χ0n) is 17.4. The fraction of sp³-hybridized carbons (Fsp3) is 0.737. The van der Waals surface area contributed by atoms with Gasteiger partial charge in [-0.25, -0.2) is 9.97 Å². The average molecular weight is 429 g/mol. The van der Waals surface area contributed by atoms with E-state index in [0.29, 0.717) is 25.5 Å². The van der Waals surface area contributed by atoms with Crippen LogP contribution >= 0.6 is 0 Å². The number of nitrogens with one attached hydrogen (secondary N) is 2. The summed E-state index contributed by atoms with van der Waals surface area (Å²) < 4.78 is 37.6. The average Bonchev–Trinajstić information content (AvgIpc) is 3.16. The first-order valence-corrected chi connectivity index (χ1v) is 10.4. The van der Waals surface area contributed by atoms with Crippen LogP contribution < -0.4 is 15.5 Å². The molecule has 2 aliphatic heterocycles. The van der Waals surface area contributed by atoms with E-state index in [-0.39, 0.29) is 6.04 Å². The van der Waals surface area contributed by atoms with Gasteiger partial charge in [-0.05, 0) is 25.5 Å². The summed E-state index contributed by atoms with van der Waals surface area (Å²) in [6, 6.07) is 1.81. The molecule has 2 fully saturated rings. The van der Waals surface area contributed by atoms with Gasteiger partial charge >= 0.3 is 6.18 Å². The fourth-order valence-corrected chi connectivity index (χ4v) is 3.87. The lowest BCUT2D eigenvalue weighted by molar-refractivity contribution is -0.143. The second-order valence-corrected chi connectivity index (χ2v) is 7.71. The van der Waals surface area contributed by atoms with E-state index in [1.807, 2.05) is 6.07 Å². The normalized spacial score (nSPS) is 21.8. The largest absolute Gasteiger partial charge is 0.401 e. The molecule has 0 bridgehead atoms. The first kappa shape index (κ1) is 22.5. The molecule has 1 aromatic heterocycles. The summed E-state index contributed by atoms with van der Waals surface area (Å²) in [5.74, 6) is 1.44. The van der Waals surface area contributed by atoms with Crippen molar-refractivity contribution in [3.63, 3.8) is 0 Å². The number of hydrogen-bond donors (Lipinski definition) is 2. The second-order valence-electron chi connectivity index (χ2n) is 7.71. The maximum Gasteiger partial charge on any atom is 0.401 e. The van der Waals surface area contributed by atoms with E-state index >= 15 is 0 Å². The standard InChI is InChI=1S/C19H31F3N8/c1-23-17(27-16-4-9-29(14-16)15-19(20,21)22)24-7-3-8-28-10-12-30(13-11-28)18-25-5-2-6-26-18/h2,5-6,16H,3-4,7-15H2,1H3,(H2,23,24,27). The van der Waals surface area contributed by atoms with Crippen LogP contribution in [0.1, 0.15) is 12.8 Å². The van der Waals surface area contributed by atoms with E-state index in [2.05, 4.69) is 35.4 Å². The van der Waals surface area contributed by atoms with Crippen LogP contribution in [0.25, 0.3) is 0 Å². The number of likely N-dealkylation sites (tertiary alicyclic amines) is 1. The predicted molar refractivity (Wildman–Crippen MR) is 111 cm³/mol. The van der Waals surface area contributed by atoms with Crippen LogP contribution in [0.15, 0.2) is 23.5 Å². The lowest BCUT2D eigenvalue weighted by atomic mass is 10.2. The van der Waals surface area contributed by atoms with Crippen molar-refractivity contribution in [2.45, 2.75) is 25.1 Å². The van der Waals surface area contributed by atoms with Crippen molar-refractivity contribution < 1.29 is 13.2 Å². The number of halogens is 3. The Balaban J connectivity index is 1.29. The van der Waals surface area contributed by atoms with Crippen LogP contribution in [0.5, 0.6) is 0 Å². The SMILES string of the molecule is CN=C(NCCCN1CCN(c2ncccn2)CC1)NC1CCN(CC(F)(F)F)C1. The third kappa shape index (κ3) is 7.28. The van der Waals surface area contributed by atoms with Crippen LogP contribution in [0, 0.1) is 0 Å². The van der Waals surface area contributed by atoms with Gasteiger partial charge in [-0.15, -0.1) is 0 Å². The molecule has 1 unspecified atom stereocenters. The van der Waals surface area contributed by atoms with Crippen molar-refractivity contribution in [1.82, 2.24) is 30.4 Å². The summed E-state index contributed by atoms with van der Waals surface area (Å²) >= 11 is 0. The van der Waals surface area contributed by atoms with Gasteiger partial charge in [0.1, 0.15) is 0 Å². The van der Waals surface area contributed by atoms with Gasteiger partial charge in [0, 0.05) is 71.3 Å². The minimum atomic E-state index is -4.14. The van der Waals surface area contributed by atoms with Gasteiger partial charge in [-0.1, -0.05) is 0 Å². The molecule has 1 aromatic rings. The van der Waals surface area contributed by atoms with Crippen LogP contribution in [0.3, 0.4) is 0 Å². The lowest BCUT2D eigenvalue weighted by Gasteiger charge is -2.34. The number of piperazine rings is 1. The molecular weight excluding hydrogens is 397 g/mol. The molecule has 2 aliphatic rings. The van der Waals surface area contributed by atoms with Gasteiger partial charge in [-0.2, -0.15) is 13.2 Å². The Morgan fingerprint density at radius 2 is 1.87 bits per heavy atom. The highest BCUT2D eigenvalue weighted by Crippen LogP contribution is 2.19. The van der Waals surface area contributed by atoms with E-state index in [9.17, 15) is 13.2 Å². The quantitative estimate of drug-likeness (QED) is 0.378. The summed E-state index contributed by atoms with van der Waals surface area (Å²) in [4.78, 5) is 18.9. The Morgan fingerprint density at radius 1 is 1.13 bits per heavy atom. The number of hydrogen-bond acceptors (Lipinski definition) is 6. The summed E-state index contributed by atoms with van der Waals surface area (Å²) in [7, 11) is 1.68. The van der Waals surface area contributed by atoms with Gasteiger partial charge in [0.05, 0.1) is 6.54 Å². The minimum Gasteiger partial charge on any atom is -0.356 e. The van der Waals surface area contributed by atoms with Gasteiger partial charge in [0.25, 0.3) is 0 Å². The molecule has 0 saturated carbocycles. The zero-order chi connectivity index (χ0) is 21.4. The number of aromatic nitrogens is 2. The van der Waals surface area contributed by atoms with Gasteiger partial charge in [0.2, 0.25) is 5.95 Å². The van der Waals surface area contributed by atoms with Gasteiger partial charge < -0.3 is 15.5 Å². The van der Waals surface area contributed by atoms with E-state index in [0.717, 1.165) is 51.6 Å². The van der Waals surface area contributed by atoms with Crippen LogP contribution in [0.2, 0.25) is 0 Å². The molecule has 2 saturated heterocycles. The van der Waals surface area contributed by atoms with Crippen molar-refractivity contribution in [3.8, 4) is 0 Å². The van der Waals surface area contributed by atoms with Crippen molar-refractivity contribution >= 4 is 11.9 Å². The minimum absolute atomic E-state index is 0.00756. The highest BCUT2D eigenvalue weighted by Gasteiger charge is 2.34. The third-order valence-electron chi connectivity index (χ3n) is 5.39. The molecule has 0 aliphatic carbocycles. The first-order chi connectivity index (χ1) is 14.4. The Bertz CT molecular complexity index is 661. The van der Waals surface area contributed by atoms with Crippen molar-refractivity contribution in [3.05, 3.63) is 18.5 Å². The molecule has 0 aromatic carbocycles. The summed E-state index contributed by atoms with van der Waals surface area (Å²) in [5.41, 5.74) is 0. The first-order valence-electron chi connectivity index (χ1n) is 10.4. The van der Waals surface area contributed by atoms with E-state index in [1.165, 1.54) is 4.90 Å². The lowest BCUT2D eigenvalue weighted by Crippen LogP contribution is -2.48. The van der Waals surface area contributed by atoms with E-state index in [1.54, 1.807) is 19.4 Å². The van der Waals surface area contributed by atoms with Gasteiger partial charge in [-0.3, -0.25) is 14.8 Å². The van der Waals surface area contributed by atoms with Crippen molar-refractivity contribution in [2.24, 2.45) is 4.99 Å². The molecule has 3 rings (SSSR count). The molecule has 8 nitrogen and oxygen atoms in total. The number of alkyl halides is 3. The van der Waals surface area contributed by atoms with Crippen molar-refractivity contribution in [2.75, 3.05) is 70.9 Å². The van der Waals surface area contributed by atoms with Crippen molar-refractivity contribution in [1.29, 1.82) is 0 Å². The number of nitrogens with zero attached hydrogens (tertiary/aromatic N) is 6. The van der Waals surface area contributed by atoms with E-state index in [4.69, 9.17) is 0 Å². The highest BCUT2D eigenvalue weighted by molar-refractivity contribution is 5.79. The molecular formula is C19H31F3N8. The molecule has 0 amide bonds. The van der Waals surface area contributed by atoms with Gasteiger partial charge in [0.15, 0.2) is 5.96 Å². The Morgan fingerprint density at radius 3 is 2.53 bits per heavy atom. The number of anilines is 1. The molecule has 3 heterocycles. The van der Waals surface area contributed by atoms with Crippen LogP contribution in [-0.4, -0.2) is 104 Å². The monoisotopic (exact) mass is 428 g/mol. The number of guanidine groups is 1. The Kier molecular flexibility index (Phi) is 8.08. The summed E-state index contributed by atoms with van der Waals surface area (Å²) in [6.45, 7) is 5.51. The number of rotatable bonds is 7. The molecule has 0 radical (unpaired) electrons. The molecule has 30 heavy (non-hydrogen) atoms. The highest BCUT2D eigenvalue weighted by atomic mass is 19.4. The fourth-order valence-electron chi connectivity index (χ4n) is 3.87. The Labute approximate surface area is 175 Å². The number of aliphatic imine (C=N–C) groups is 1. The van der Waals surface area contributed by atoms with E-state index < -0.39 is 12.7 Å². The second kappa shape index (κ2) is 10.8. The van der Waals surface area contributed by atoms with Crippen LogP contribution in [-0.2, 0) is 0 Å². The predicted octanol–water partition coefficient (Wildman–Crippen LogP) is 0.790. The molecule has 168 valence electrons.